The number of carbonyl (C=O) groups is 2. The zero-order valence-electron chi connectivity index (χ0n) is 14.9. The van der Waals surface area contributed by atoms with Crippen LogP contribution in [0.2, 0.25) is 5.02 Å². The molecule has 0 unspecified atom stereocenters. The second kappa shape index (κ2) is 9.59. The highest BCUT2D eigenvalue weighted by Gasteiger charge is 2.16. The number of halogens is 1. The SMILES string of the molecule is CCOc1cc(/C=N/NC(=O)C(=O)N[C@H](C)c2ccccc2)cc(Cl)c1O. The summed E-state index contributed by atoms with van der Waals surface area (Å²) in [4.78, 5) is 23.8. The third kappa shape index (κ3) is 5.72. The van der Waals surface area contributed by atoms with Crippen molar-refractivity contribution in [1.29, 1.82) is 0 Å². The van der Waals surface area contributed by atoms with Crippen LogP contribution in [0, 0.1) is 0 Å². The Morgan fingerprint density at radius 2 is 1.96 bits per heavy atom. The van der Waals surface area contributed by atoms with Gasteiger partial charge < -0.3 is 15.2 Å². The number of carbonyl (C=O) groups excluding carboxylic acids is 2. The number of hydrogen-bond donors (Lipinski definition) is 3. The lowest BCUT2D eigenvalue weighted by Gasteiger charge is -2.13. The lowest BCUT2D eigenvalue weighted by molar-refractivity contribution is -0.139. The molecule has 0 fully saturated rings. The third-order valence-corrected chi connectivity index (χ3v) is 3.87. The van der Waals surface area contributed by atoms with E-state index in [2.05, 4.69) is 15.8 Å². The van der Waals surface area contributed by atoms with Crippen LogP contribution in [0.25, 0.3) is 0 Å². The van der Waals surface area contributed by atoms with Crippen molar-refractivity contribution in [2.75, 3.05) is 6.61 Å². The first-order valence-corrected chi connectivity index (χ1v) is 8.64. The normalized spacial score (nSPS) is 11.8. The van der Waals surface area contributed by atoms with E-state index in [4.69, 9.17) is 16.3 Å². The van der Waals surface area contributed by atoms with Crippen LogP contribution in [-0.2, 0) is 9.59 Å². The minimum Gasteiger partial charge on any atom is -0.503 e. The Bertz CT molecular complexity index is 840. The van der Waals surface area contributed by atoms with Gasteiger partial charge in [-0.3, -0.25) is 9.59 Å². The highest BCUT2D eigenvalue weighted by molar-refractivity contribution is 6.35. The van der Waals surface area contributed by atoms with Gasteiger partial charge in [-0.15, -0.1) is 0 Å². The van der Waals surface area contributed by atoms with Crippen molar-refractivity contribution >= 4 is 29.6 Å². The average Bonchev–Trinajstić information content (AvgIpc) is 2.66. The topological polar surface area (TPSA) is 100 Å². The zero-order chi connectivity index (χ0) is 19.8. The van der Waals surface area contributed by atoms with Crippen molar-refractivity contribution in [3.05, 3.63) is 58.6 Å². The van der Waals surface area contributed by atoms with Gasteiger partial charge >= 0.3 is 11.8 Å². The Morgan fingerprint density at radius 1 is 1.26 bits per heavy atom. The molecule has 2 amide bonds. The lowest BCUT2D eigenvalue weighted by atomic mass is 10.1. The van der Waals surface area contributed by atoms with Crippen molar-refractivity contribution in [2.45, 2.75) is 19.9 Å². The molecule has 0 radical (unpaired) electrons. The number of nitrogens with one attached hydrogen (secondary N) is 2. The number of hydrogen-bond acceptors (Lipinski definition) is 5. The van der Waals surface area contributed by atoms with Gasteiger partial charge in [0.1, 0.15) is 0 Å². The summed E-state index contributed by atoms with van der Waals surface area (Å²) >= 11 is 5.92. The van der Waals surface area contributed by atoms with Gasteiger partial charge in [-0.1, -0.05) is 41.9 Å². The van der Waals surface area contributed by atoms with E-state index in [-0.39, 0.29) is 22.6 Å². The van der Waals surface area contributed by atoms with E-state index >= 15 is 0 Å². The predicted octanol–water partition coefficient (Wildman–Crippen LogP) is 2.77. The molecule has 3 N–H and O–H groups in total. The molecular weight excluding hydrogens is 370 g/mol. The molecule has 0 saturated heterocycles. The number of amides is 2. The van der Waals surface area contributed by atoms with Gasteiger partial charge in [-0.2, -0.15) is 5.10 Å². The maximum absolute atomic E-state index is 11.9. The van der Waals surface area contributed by atoms with Crippen LogP contribution in [0.5, 0.6) is 11.5 Å². The third-order valence-electron chi connectivity index (χ3n) is 3.58. The van der Waals surface area contributed by atoms with Crippen LogP contribution < -0.4 is 15.5 Å². The number of nitrogens with zero attached hydrogens (tertiary/aromatic N) is 1. The number of rotatable bonds is 6. The van der Waals surface area contributed by atoms with Gasteiger partial charge in [-0.25, -0.2) is 5.43 Å². The molecule has 7 nitrogen and oxygen atoms in total. The van der Waals surface area contributed by atoms with E-state index < -0.39 is 11.8 Å². The molecule has 2 aromatic rings. The maximum Gasteiger partial charge on any atom is 0.329 e. The predicted molar refractivity (Wildman–Crippen MR) is 103 cm³/mol. The molecule has 1 atom stereocenters. The van der Waals surface area contributed by atoms with Gasteiger partial charge in [0.2, 0.25) is 0 Å². The lowest BCUT2D eigenvalue weighted by Crippen LogP contribution is -2.39. The van der Waals surface area contributed by atoms with Gasteiger partial charge in [0.05, 0.1) is 23.9 Å². The van der Waals surface area contributed by atoms with E-state index in [0.29, 0.717) is 12.2 Å². The molecule has 0 bridgehead atoms. The van der Waals surface area contributed by atoms with Crippen LogP contribution >= 0.6 is 11.6 Å². The fourth-order valence-corrected chi connectivity index (χ4v) is 2.46. The summed E-state index contributed by atoms with van der Waals surface area (Å²) in [6, 6.07) is 11.9. The molecule has 2 aromatic carbocycles. The standard InChI is InChI=1S/C19H20ClN3O4/c1-3-27-16-10-13(9-15(20)17(16)24)11-21-23-19(26)18(25)22-12(2)14-7-5-4-6-8-14/h4-12,24H,3H2,1-2H3,(H,22,25)(H,23,26)/b21-11+/t12-/m1/s1. The highest BCUT2D eigenvalue weighted by Crippen LogP contribution is 2.34. The average molecular weight is 390 g/mol. The summed E-state index contributed by atoms with van der Waals surface area (Å²) in [5.41, 5.74) is 3.51. The van der Waals surface area contributed by atoms with Gasteiger partial charge in [0, 0.05) is 0 Å². The molecular formula is C19H20ClN3O4. The molecule has 0 heterocycles. The van der Waals surface area contributed by atoms with Crippen LogP contribution in [0.15, 0.2) is 47.6 Å². The van der Waals surface area contributed by atoms with Gasteiger partial charge in [0.15, 0.2) is 11.5 Å². The summed E-state index contributed by atoms with van der Waals surface area (Å²) in [6.45, 7) is 3.89. The fourth-order valence-electron chi connectivity index (χ4n) is 2.24. The largest absolute Gasteiger partial charge is 0.503 e. The Hall–Kier alpha value is -3.06. The first-order valence-electron chi connectivity index (χ1n) is 8.26. The number of hydrazone groups is 1. The van der Waals surface area contributed by atoms with E-state index in [1.807, 2.05) is 30.3 Å². The van der Waals surface area contributed by atoms with Gasteiger partial charge in [-0.05, 0) is 37.1 Å². The highest BCUT2D eigenvalue weighted by atomic mass is 35.5. The number of aromatic hydroxyl groups is 1. The molecule has 0 aliphatic carbocycles. The van der Waals surface area contributed by atoms with Crippen LogP contribution in [0.4, 0.5) is 0 Å². The maximum atomic E-state index is 11.9. The van der Waals surface area contributed by atoms with Crippen molar-refractivity contribution in [2.24, 2.45) is 5.10 Å². The first kappa shape index (κ1) is 20.3. The number of ether oxygens (including phenoxy) is 1. The summed E-state index contributed by atoms with van der Waals surface area (Å²) in [6.07, 6.45) is 1.29. The van der Waals surface area contributed by atoms with E-state index in [1.165, 1.54) is 18.3 Å². The van der Waals surface area contributed by atoms with Crippen LogP contribution in [0.3, 0.4) is 0 Å². The summed E-state index contributed by atoms with van der Waals surface area (Å²) in [7, 11) is 0. The molecule has 27 heavy (non-hydrogen) atoms. The molecule has 2 rings (SSSR count). The van der Waals surface area contributed by atoms with Crippen molar-refractivity contribution in [3.63, 3.8) is 0 Å². The van der Waals surface area contributed by atoms with Crippen LogP contribution in [0.1, 0.15) is 31.0 Å². The quantitative estimate of drug-likeness (QED) is 0.402. The first-order chi connectivity index (χ1) is 12.9. The van der Waals surface area contributed by atoms with Crippen LogP contribution in [-0.4, -0.2) is 29.7 Å². The molecule has 142 valence electrons. The van der Waals surface area contributed by atoms with E-state index in [0.717, 1.165) is 5.56 Å². The zero-order valence-corrected chi connectivity index (χ0v) is 15.7. The second-order valence-corrected chi connectivity index (χ2v) is 5.99. The number of phenols is 1. The van der Waals surface area contributed by atoms with Gasteiger partial charge in [0.25, 0.3) is 0 Å². The Kier molecular flexibility index (Phi) is 7.19. The summed E-state index contributed by atoms with van der Waals surface area (Å²) in [5, 5.41) is 16.2. The Morgan fingerprint density at radius 3 is 2.63 bits per heavy atom. The summed E-state index contributed by atoms with van der Waals surface area (Å²) < 4.78 is 5.26. The van der Waals surface area contributed by atoms with Crippen molar-refractivity contribution < 1.29 is 19.4 Å². The molecule has 0 spiro atoms. The summed E-state index contributed by atoms with van der Waals surface area (Å²) in [5.74, 6) is -1.67. The number of phenolic OH excluding ortho intramolecular Hbond substituents is 1. The van der Waals surface area contributed by atoms with Crippen molar-refractivity contribution in [1.82, 2.24) is 10.7 Å². The Labute approximate surface area is 162 Å². The number of benzene rings is 2. The molecule has 8 heteroatoms. The molecule has 0 aliphatic rings. The van der Waals surface area contributed by atoms with E-state index in [1.54, 1.807) is 13.8 Å². The smallest absolute Gasteiger partial charge is 0.329 e. The van der Waals surface area contributed by atoms with E-state index in [9.17, 15) is 14.7 Å². The molecule has 0 saturated carbocycles. The fraction of sp³-hybridized carbons (Fsp3) is 0.211. The monoisotopic (exact) mass is 389 g/mol. The minimum atomic E-state index is -0.899. The Balaban J connectivity index is 1.95. The molecule has 0 aromatic heterocycles. The second-order valence-electron chi connectivity index (χ2n) is 5.59. The minimum absolute atomic E-state index is 0.0863. The molecule has 0 aliphatic heterocycles. The van der Waals surface area contributed by atoms with Crippen molar-refractivity contribution in [3.8, 4) is 11.5 Å².